The Morgan fingerprint density at radius 2 is 1.96 bits per heavy atom. The molecule has 1 aliphatic rings. The molecule has 1 amide bonds. The number of ether oxygens (including phenoxy) is 1. The summed E-state index contributed by atoms with van der Waals surface area (Å²) in [5, 5.41) is 11.7. The maximum atomic E-state index is 12.8. The standard InChI is InChI=1S/C21H25N5O2/c1-3-28-19-9-5-4-7-17(19)22-21(27)16-10-13-25(14-11-16)20-18-8-6-12-26(18)15(2)23-24-20/h4-9,12,16H,3,10-11,13-14H2,1-2H3,(H,22,27). The Morgan fingerprint density at radius 1 is 1.18 bits per heavy atom. The first kappa shape index (κ1) is 18.3. The Labute approximate surface area is 164 Å². The molecule has 0 saturated carbocycles. The number of nitrogens with one attached hydrogen (secondary N) is 1. The highest BCUT2D eigenvalue weighted by atomic mass is 16.5. The SMILES string of the molecule is CCOc1ccccc1NC(=O)C1CCN(c2nnc(C)n3cccc23)CC1. The molecule has 1 N–H and O–H groups in total. The Hall–Kier alpha value is -3.09. The van der Waals surface area contributed by atoms with Crippen molar-refractivity contribution in [3.8, 4) is 5.75 Å². The van der Waals surface area contributed by atoms with Crippen molar-refractivity contribution in [3.05, 3.63) is 48.4 Å². The number of para-hydroxylation sites is 2. The van der Waals surface area contributed by atoms with Crippen molar-refractivity contribution in [2.24, 2.45) is 5.92 Å². The molecule has 0 atom stereocenters. The van der Waals surface area contributed by atoms with Crippen LogP contribution in [0, 0.1) is 12.8 Å². The van der Waals surface area contributed by atoms with Gasteiger partial charge >= 0.3 is 0 Å². The summed E-state index contributed by atoms with van der Waals surface area (Å²) in [6.45, 7) is 6.01. The van der Waals surface area contributed by atoms with Crippen molar-refractivity contribution in [1.82, 2.24) is 14.6 Å². The van der Waals surface area contributed by atoms with E-state index in [0.29, 0.717) is 12.4 Å². The van der Waals surface area contributed by atoms with Crippen LogP contribution in [0.2, 0.25) is 0 Å². The Bertz CT molecular complexity index is 976. The highest BCUT2D eigenvalue weighted by Crippen LogP contribution is 2.28. The Balaban J connectivity index is 1.42. The number of hydrogen-bond donors (Lipinski definition) is 1. The summed E-state index contributed by atoms with van der Waals surface area (Å²) >= 11 is 0. The van der Waals surface area contributed by atoms with Crippen LogP contribution in [0.1, 0.15) is 25.6 Å². The monoisotopic (exact) mass is 379 g/mol. The molecule has 2 aromatic heterocycles. The van der Waals surface area contributed by atoms with Gasteiger partial charge in [-0.25, -0.2) is 0 Å². The predicted molar refractivity (Wildman–Crippen MR) is 109 cm³/mol. The van der Waals surface area contributed by atoms with Gasteiger partial charge in [-0.2, -0.15) is 0 Å². The fourth-order valence-corrected chi connectivity index (χ4v) is 3.73. The average Bonchev–Trinajstić information content (AvgIpc) is 3.21. The number of amides is 1. The van der Waals surface area contributed by atoms with Gasteiger partial charge in [-0.05, 0) is 51.0 Å². The molecule has 1 fully saturated rings. The Morgan fingerprint density at radius 3 is 2.75 bits per heavy atom. The first-order valence-corrected chi connectivity index (χ1v) is 9.75. The van der Waals surface area contributed by atoms with E-state index in [2.05, 4.69) is 26.5 Å². The molecular formula is C21H25N5O2. The summed E-state index contributed by atoms with van der Waals surface area (Å²) in [4.78, 5) is 15.0. The average molecular weight is 379 g/mol. The fraction of sp³-hybridized carbons (Fsp3) is 0.381. The molecule has 1 aliphatic heterocycles. The molecule has 0 bridgehead atoms. The first-order valence-electron chi connectivity index (χ1n) is 9.75. The van der Waals surface area contributed by atoms with Gasteiger partial charge in [0.15, 0.2) is 5.82 Å². The van der Waals surface area contributed by atoms with Crippen LogP contribution >= 0.6 is 0 Å². The van der Waals surface area contributed by atoms with E-state index in [1.807, 2.05) is 54.8 Å². The van der Waals surface area contributed by atoms with E-state index < -0.39 is 0 Å². The van der Waals surface area contributed by atoms with Crippen LogP contribution in [-0.2, 0) is 4.79 Å². The number of piperidine rings is 1. The zero-order valence-corrected chi connectivity index (χ0v) is 16.3. The summed E-state index contributed by atoms with van der Waals surface area (Å²) in [5.74, 6) is 2.49. The second-order valence-electron chi connectivity index (χ2n) is 7.01. The molecule has 1 saturated heterocycles. The molecule has 1 aromatic carbocycles. The number of benzene rings is 1. The minimum atomic E-state index is -0.0212. The molecule has 4 rings (SSSR count). The van der Waals surface area contributed by atoms with Crippen LogP contribution in [-0.4, -0.2) is 40.2 Å². The minimum absolute atomic E-state index is 0.0212. The van der Waals surface area contributed by atoms with Crippen molar-refractivity contribution in [2.45, 2.75) is 26.7 Å². The molecule has 0 spiro atoms. The largest absolute Gasteiger partial charge is 0.492 e. The van der Waals surface area contributed by atoms with Gasteiger partial charge in [-0.3, -0.25) is 4.79 Å². The van der Waals surface area contributed by atoms with Crippen LogP contribution in [0.3, 0.4) is 0 Å². The van der Waals surface area contributed by atoms with E-state index in [-0.39, 0.29) is 11.8 Å². The highest BCUT2D eigenvalue weighted by molar-refractivity contribution is 5.94. The number of nitrogens with zero attached hydrogens (tertiary/aromatic N) is 4. The summed E-state index contributed by atoms with van der Waals surface area (Å²) in [7, 11) is 0. The van der Waals surface area contributed by atoms with Crippen LogP contribution in [0.15, 0.2) is 42.6 Å². The third kappa shape index (κ3) is 3.52. The zero-order valence-electron chi connectivity index (χ0n) is 16.3. The quantitative estimate of drug-likeness (QED) is 0.736. The molecule has 3 aromatic rings. The lowest BCUT2D eigenvalue weighted by atomic mass is 9.95. The van der Waals surface area contributed by atoms with E-state index in [4.69, 9.17) is 4.74 Å². The van der Waals surface area contributed by atoms with Crippen LogP contribution in [0.5, 0.6) is 5.75 Å². The van der Waals surface area contributed by atoms with Gasteiger partial charge in [-0.1, -0.05) is 12.1 Å². The topological polar surface area (TPSA) is 71.8 Å². The zero-order chi connectivity index (χ0) is 19.5. The first-order chi connectivity index (χ1) is 13.7. The smallest absolute Gasteiger partial charge is 0.227 e. The van der Waals surface area contributed by atoms with Gasteiger partial charge in [0.25, 0.3) is 0 Å². The number of anilines is 2. The summed E-state index contributed by atoms with van der Waals surface area (Å²) in [6.07, 6.45) is 3.56. The lowest BCUT2D eigenvalue weighted by Gasteiger charge is -2.32. The number of rotatable bonds is 5. The molecule has 3 heterocycles. The van der Waals surface area contributed by atoms with Crippen molar-refractivity contribution in [1.29, 1.82) is 0 Å². The molecule has 0 unspecified atom stereocenters. The van der Waals surface area contributed by atoms with E-state index in [1.165, 1.54) is 0 Å². The number of fused-ring (bicyclic) bond motifs is 1. The summed E-state index contributed by atoms with van der Waals surface area (Å²) < 4.78 is 7.65. The van der Waals surface area contributed by atoms with Gasteiger partial charge < -0.3 is 19.4 Å². The second kappa shape index (κ2) is 7.88. The number of carbonyl (C=O) groups excluding carboxylic acids is 1. The van der Waals surface area contributed by atoms with Gasteiger partial charge in [0.05, 0.1) is 17.8 Å². The van der Waals surface area contributed by atoms with Gasteiger partial charge in [0, 0.05) is 25.2 Å². The minimum Gasteiger partial charge on any atom is -0.492 e. The normalized spacial score (nSPS) is 15.0. The van der Waals surface area contributed by atoms with Crippen LogP contribution < -0.4 is 15.0 Å². The van der Waals surface area contributed by atoms with Gasteiger partial charge in [0.2, 0.25) is 5.91 Å². The molecule has 0 aliphatic carbocycles. The lowest BCUT2D eigenvalue weighted by Crippen LogP contribution is -2.39. The molecule has 146 valence electrons. The van der Waals surface area contributed by atoms with Crippen molar-refractivity contribution < 1.29 is 9.53 Å². The van der Waals surface area contributed by atoms with Crippen LogP contribution in [0.25, 0.3) is 5.52 Å². The molecular weight excluding hydrogens is 354 g/mol. The summed E-state index contributed by atoms with van der Waals surface area (Å²) in [5.41, 5.74) is 1.79. The van der Waals surface area contributed by atoms with E-state index in [0.717, 1.165) is 48.8 Å². The number of hydrogen-bond acceptors (Lipinski definition) is 5. The van der Waals surface area contributed by atoms with Crippen LogP contribution in [0.4, 0.5) is 11.5 Å². The fourth-order valence-electron chi connectivity index (χ4n) is 3.73. The maximum Gasteiger partial charge on any atom is 0.227 e. The predicted octanol–water partition coefficient (Wildman–Crippen LogP) is 3.29. The highest BCUT2D eigenvalue weighted by Gasteiger charge is 2.27. The number of carbonyl (C=O) groups is 1. The van der Waals surface area contributed by atoms with Crippen molar-refractivity contribution in [3.63, 3.8) is 0 Å². The maximum absolute atomic E-state index is 12.8. The van der Waals surface area contributed by atoms with E-state index in [9.17, 15) is 4.79 Å². The second-order valence-corrected chi connectivity index (χ2v) is 7.01. The van der Waals surface area contributed by atoms with E-state index >= 15 is 0 Å². The van der Waals surface area contributed by atoms with Crippen molar-refractivity contribution >= 4 is 22.9 Å². The van der Waals surface area contributed by atoms with Gasteiger partial charge in [0.1, 0.15) is 11.6 Å². The third-order valence-corrected chi connectivity index (χ3v) is 5.23. The summed E-state index contributed by atoms with van der Waals surface area (Å²) in [6, 6.07) is 11.6. The Kier molecular flexibility index (Phi) is 5.14. The lowest BCUT2D eigenvalue weighted by molar-refractivity contribution is -0.120. The van der Waals surface area contributed by atoms with Gasteiger partial charge in [-0.15, -0.1) is 10.2 Å². The number of aryl methyl sites for hydroxylation is 1. The van der Waals surface area contributed by atoms with Crippen molar-refractivity contribution in [2.75, 3.05) is 29.9 Å². The molecule has 7 nitrogen and oxygen atoms in total. The van der Waals surface area contributed by atoms with E-state index in [1.54, 1.807) is 0 Å². The molecule has 0 radical (unpaired) electrons. The molecule has 28 heavy (non-hydrogen) atoms. The molecule has 7 heteroatoms. The number of aromatic nitrogens is 3. The third-order valence-electron chi connectivity index (χ3n) is 5.23.